The number of hydrogen-bond acceptors (Lipinski definition) is 2. The number of carbonyl (C=O) groups is 1. The molecule has 0 spiro atoms. The molecule has 0 aromatic heterocycles. The molecule has 0 unspecified atom stereocenters. The van der Waals surface area contributed by atoms with Crippen LogP contribution in [-0.2, 0) is 0 Å². The maximum Gasteiger partial charge on any atom is 0.319 e. The lowest BCUT2D eigenvalue weighted by atomic mass is 10.0. The summed E-state index contributed by atoms with van der Waals surface area (Å²) in [4.78, 5) is 12.0. The second kappa shape index (κ2) is 6.79. The molecule has 2 N–H and O–H groups in total. The number of anilines is 1. The molecule has 0 aliphatic carbocycles. The summed E-state index contributed by atoms with van der Waals surface area (Å²) in [5.74, 6) is 0.708. The summed E-state index contributed by atoms with van der Waals surface area (Å²) in [6, 6.07) is 15.0. The van der Waals surface area contributed by atoms with Gasteiger partial charge in [0.2, 0.25) is 0 Å². The minimum atomic E-state index is -0.237. The molecule has 0 saturated carbocycles. The zero-order valence-corrected chi connectivity index (χ0v) is 12.5. The van der Waals surface area contributed by atoms with E-state index in [4.69, 9.17) is 4.74 Å². The average molecular weight is 284 g/mol. The number of nitrogens with one attached hydrogen (secondary N) is 2. The van der Waals surface area contributed by atoms with Gasteiger partial charge in [0.25, 0.3) is 0 Å². The van der Waals surface area contributed by atoms with Crippen LogP contribution < -0.4 is 15.4 Å². The van der Waals surface area contributed by atoms with Crippen molar-refractivity contribution >= 4 is 11.7 Å². The normalized spacial score (nSPS) is 11.6. The fourth-order valence-corrected chi connectivity index (χ4v) is 2.22. The zero-order valence-electron chi connectivity index (χ0n) is 12.5. The SMILES string of the molecule is COc1cccc(NC(=O)N[C@@H](C)c2ccccc2C)c1. The van der Waals surface area contributed by atoms with Crippen LogP contribution in [0, 0.1) is 6.92 Å². The van der Waals surface area contributed by atoms with Crippen molar-refractivity contribution in [3.8, 4) is 5.75 Å². The van der Waals surface area contributed by atoms with Crippen molar-refractivity contribution in [1.82, 2.24) is 5.32 Å². The van der Waals surface area contributed by atoms with Gasteiger partial charge < -0.3 is 15.4 Å². The molecule has 1 atom stereocenters. The number of aryl methyl sites for hydroxylation is 1. The van der Waals surface area contributed by atoms with Gasteiger partial charge in [-0.2, -0.15) is 0 Å². The van der Waals surface area contributed by atoms with Crippen molar-refractivity contribution in [2.24, 2.45) is 0 Å². The van der Waals surface area contributed by atoms with E-state index >= 15 is 0 Å². The summed E-state index contributed by atoms with van der Waals surface area (Å²) in [5.41, 5.74) is 2.97. The van der Waals surface area contributed by atoms with Gasteiger partial charge in [0.1, 0.15) is 5.75 Å². The van der Waals surface area contributed by atoms with Crippen LogP contribution in [0.3, 0.4) is 0 Å². The topological polar surface area (TPSA) is 50.4 Å². The van der Waals surface area contributed by atoms with E-state index in [2.05, 4.69) is 10.6 Å². The maximum atomic E-state index is 12.0. The van der Waals surface area contributed by atoms with Crippen LogP contribution in [0.4, 0.5) is 10.5 Å². The van der Waals surface area contributed by atoms with E-state index in [1.807, 2.05) is 56.3 Å². The third-order valence-corrected chi connectivity index (χ3v) is 3.33. The van der Waals surface area contributed by atoms with Crippen molar-refractivity contribution < 1.29 is 9.53 Å². The number of rotatable bonds is 4. The summed E-state index contributed by atoms with van der Waals surface area (Å²) in [7, 11) is 1.60. The molecule has 2 aromatic carbocycles. The molecule has 0 fully saturated rings. The Bertz CT molecular complexity index is 626. The minimum Gasteiger partial charge on any atom is -0.497 e. The fourth-order valence-electron chi connectivity index (χ4n) is 2.22. The van der Waals surface area contributed by atoms with Gasteiger partial charge in [-0.1, -0.05) is 30.3 Å². The number of hydrogen-bond donors (Lipinski definition) is 2. The third-order valence-electron chi connectivity index (χ3n) is 3.33. The van der Waals surface area contributed by atoms with Crippen molar-refractivity contribution in [2.45, 2.75) is 19.9 Å². The lowest BCUT2D eigenvalue weighted by Gasteiger charge is -2.17. The number of methoxy groups -OCH3 is 1. The largest absolute Gasteiger partial charge is 0.497 e. The van der Waals surface area contributed by atoms with Crippen molar-refractivity contribution in [2.75, 3.05) is 12.4 Å². The van der Waals surface area contributed by atoms with Crippen LogP contribution in [0.5, 0.6) is 5.75 Å². The molecule has 110 valence electrons. The Labute approximate surface area is 125 Å². The smallest absolute Gasteiger partial charge is 0.319 e. The van der Waals surface area contributed by atoms with Crippen LogP contribution in [0.1, 0.15) is 24.1 Å². The van der Waals surface area contributed by atoms with E-state index in [1.165, 1.54) is 0 Å². The molecule has 2 rings (SSSR count). The predicted octanol–water partition coefficient (Wildman–Crippen LogP) is 3.89. The molecule has 2 aromatic rings. The van der Waals surface area contributed by atoms with Gasteiger partial charge in [0.15, 0.2) is 0 Å². The van der Waals surface area contributed by atoms with Gasteiger partial charge in [-0.3, -0.25) is 0 Å². The number of amides is 2. The van der Waals surface area contributed by atoms with E-state index < -0.39 is 0 Å². The van der Waals surface area contributed by atoms with E-state index in [1.54, 1.807) is 13.2 Å². The van der Waals surface area contributed by atoms with E-state index in [-0.39, 0.29) is 12.1 Å². The number of carbonyl (C=O) groups excluding carboxylic acids is 1. The molecule has 4 heteroatoms. The maximum absolute atomic E-state index is 12.0. The van der Waals surface area contributed by atoms with Crippen molar-refractivity contribution in [3.05, 3.63) is 59.7 Å². The first-order chi connectivity index (χ1) is 10.1. The number of ether oxygens (including phenoxy) is 1. The molecule has 21 heavy (non-hydrogen) atoms. The highest BCUT2D eigenvalue weighted by Gasteiger charge is 2.11. The quantitative estimate of drug-likeness (QED) is 0.895. The highest BCUT2D eigenvalue weighted by atomic mass is 16.5. The van der Waals surface area contributed by atoms with Crippen LogP contribution in [0.25, 0.3) is 0 Å². The van der Waals surface area contributed by atoms with Gasteiger partial charge in [-0.25, -0.2) is 4.79 Å². The molecule has 0 radical (unpaired) electrons. The Morgan fingerprint density at radius 3 is 2.62 bits per heavy atom. The average Bonchev–Trinajstić information content (AvgIpc) is 2.47. The van der Waals surface area contributed by atoms with Gasteiger partial charge in [0.05, 0.1) is 13.2 Å². The van der Waals surface area contributed by atoms with Crippen LogP contribution in [-0.4, -0.2) is 13.1 Å². The summed E-state index contributed by atoms with van der Waals surface area (Å²) >= 11 is 0. The van der Waals surface area contributed by atoms with Crippen LogP contribution in [0.15, 0.2) is 48.5 Å². The second-order valence-corrected chi connectivity index (χ2v) is 4.91. The molecule has 0 aliphatic heterocycles. The highest BCUT2D eigenvalue weighted by Crippen LogP contribution is 2.18. The molecule has 0 saturated heterocycles. The fraction of sp³-hybridized carbons (Fsp3) is 0.235. The molecule has 0 heterocycles. The third kappa shape index (κ3) is 3.99. The molecule has 0 bridgehead atoms. The van der Waals surface area contributed by atoms with Gasteiger partial charge in [0, 0.05) is 11.8 Å². The lowest BCUT2D eigenvalue weighted by molar-refractivity contribution is 0.249. The Hall–Kier alpha value is -2.49. The first kappa shape index (κ1) is 14.9. The Morgan fingerprint density at radius 2 is 1.90 bits per heavy atom. The highest BCUT2D eigenvalue weighted by molar-refractivity contribution is 5.89. The molecular formula is C17H20N2O2. The van der Waals surface area contributed by atoms with E-state index in [9.17, 15) is 4.79 Å². The Morgan fingerprint density at radius 1 is 1.14 bits per heavy atom. The predicted molar refractivity (Wildman–Crippen MR) is 84.7 cm³/mol. The minimum absolute atomic E-state index is 0.0585. The van der Waals surface area contributed by atoms with E-state index in [0.29, 0.717) is 11.4 Å². The zero-order chi connectivity index (χ0) is 15.2. The van der Waals surface area contributed by atoms with Gasteiger partial charge in [-0.15, -0.1) is 0 Å². The monoisotopic (exact) mass is 284 g/mol. The Balaban J connectivity index is 2.00. The molecule has 2 amide bonds. The van der Waals surface area contributed by atoms with Gasteiger partial charge in [-0.05, 0) is 37.1 Å². The molecule has 0 aliphatic rings. The first-order valence-corrected chi connectivity index (χ1v) is 6.87. The van der Waals surface area contributed by atoms with Crippen molar-refractivity contribution in [1.29, 1.82) is 0 Å². The standard InChI is InChI=1S/C17H20N2O2/c1-12-7-4-5-10-16(12)13(2)18-17(20)19-14-8-6-9-15(11-14)21-3/h4-11,13H,1-3H3,(H2,18,19,20)/t13-/m0/s1. The van der Waals surface area contributed by atoms with E-state index in [0.717, 1.165) is 11.1 Å². The second-order valence-electron chi connectivity index (χ2n) is 4.91. The van der Waals surface area contributed by atoms with Crippen molar-refractivity contribution in [3.63, 3.8) is 0 Å². The molecular weight excluding hydrogens is 264 g/mol. The summed E-state index contributed by atoms with van der Waals surface area (Å²) in [6.07, 6.45) is 0. The summed E-state index contributed by atoms with van der Waals surface area (Å²) in [5, 5.41) is 5.74. The number of benzene rings is 2. The first-order valence-electron chi connectivity index (χ1n) is 6.87. The lowest BCUT2D eigenvalue weighted by Crippen LogP contribution is -2.31. The van der Waals surface area contributed by atoms with Gasteiger partial charge >= 0.3 is 6.03 Å². The number of urea groups is 1. The summed E-state index contributed by atoms with van der Waals surface area (Å²) < 4.78 is 5.13. The van der Waals surface area contributed by atoms with Crippen LogP contribution >= 0.6 is 0 Å². The van der Waals surface area contributed by atoms with Crippen LogP contribution in [0.2, 0.25) is 0 Å². The molecule has 4 nitrogen and oxygen atoms in total. The Kier molecular flexibility index (Phi) is 4.82. The summed E-state index contributed by atoms with van der Waals surface area (Å²) in [6.45, 7) is 4.00.